The second kappa shape index (κ2) is 6.64. The first-order chi connectivity index (χ1) is 11.8. The van der Waals surface area contributed by atoms with Crippen LogP contribution < -0.4 is 5.32 Å². The van der Waals surface area contributed by atoms with Crippen molar-refractivity contribution in [2.45, 2.75) is 25.2 Å². The maximum absolute atomic E-state index is 12.7. The number of nitrogens with one attached hydrogen (secondary N) is 1. The van der Waals surface area contributed by atoms with Crippen molar-refractivity contribution in [2.75, 3.05) is 5.32 Å². The van der Waals surface area contributed by atoms with E-state index in [4.69, 9.17) is 4.52 Å². The molecular formula is C18H20NO5P. The fraction of sp³-hybridized carbons (Fsp3) is 0.278. The van der Waals surface area contributed by atoms with Crippen molar-refractivity contribution in [3.8, 4) is 0 Å². The fourth-order valence-electron chi connectivity index (χ4n) is 3.05. The zero-order chi connectivity index (χ0) is 18.1. The van der Waals surface area contributed by atoms with E-state index in [1.807, 2.05) is 24.3 Å². The van der Waals surface area contributed by atoms with Gasteiger partial charge in [0, 0.05) is 12.1 Å². The molecule has 2 aromatic rings. The van der Waals surface area contributed by atoms with Crippen LogP contribution in [0.3, 0.4) is 0 Å². The Hall–Kier alpha value is -2.14. The highest BCUT2D eigenvalue weighted by Gasteiger charge is 2.50. The number of rotatable bonds is 6. The fourth-order valence-corrected chi connectivity index (χ4v) is 4.56. The molecule has 0 amide bonds. The highest BCUT2D eigenvalue weighted by molar-refractivity contribution is 7.52. The number of para-hydroxylation sites is 1. The Morgan fingerprint density at radius 2 is 1.88 bits per heavy atom. The first-order valence-corrected chi connectivity index (χ1v) is 9.73. The van der Waals surface area contributed by atoms with E-state index < -0.39 is 25.2 Å². The van der Waals surface area contributed by atoms with Crippen molar-refractivity contribution in [3.63, 3.8) is 0 Å². The Kier molecular flexibility index (Phi) is 4.69. The van der Waals surface area contributed by atoms with E-state index >= 15 is 0 Å². The Morgan fingerprint density at radius 1 is 1.24 bits per heavy atom. The number of aliphatic carboxylic acids is 1. The second-order valence-electron chi connectivity index (χ2n) is 6.28. The lowest BCUT2D eigenvalue weighted by atomic mass is 9.94. The van der Waals surface area contributed by atoms with Gasteiger partial charge in [-0.05, 0) is 24.1 Å². The van der Waals surface area contributed by atoms with E-state index in [-0.39, 0.29) is 12.6 Å². The van der Waals surface area contributed by atoms with Crippen molar-refractivity contribution in [3.05, 3.63) is 65.7 Å². The highest BCUT2D eigenvalue weighted by Crippen LogP contribution is 2.53. The van der Waals surface area contributed by atoms with Crippen LogP contribution in [0, 0.1) is 5.92 Å². The van der Waals surface area contributed by atoms with Crippen molar-refractivity contribution < 1.29 is 23.9 Å². The Labute approximate surface area is 146 Å². The third kappa shape index (κ3) is 3.76. The summed E-state index contributed by atoms with van der Waals surface area (Å²) < 4.78 is 18.3. The van der Waals surface area contributed by atoms with E-state index in [0.29, 0.717) is 5.56 Å². The minimum absolute atomic E-state index is 0.181. The normalized spacial score (nSPS) is 22.5. The Morgan fingerprint density at radius 3 is 2.52 bits per heavy atom. The minimum atomic E-state index is -4.08. The number of hydrogen-bond acceptors (Lipinski definition) is 4. The molecular weight excluding hydrogens is 341 g/mol. The lowest BCUT2D eigenvalue weighted by Crippen LogP contribution is -2.48. The maximum Gasteiger partial charge on any atom is 0.334 e. The van der Waals surface area contributed by atoms with Crippen LogP contribution in [0.1, 0.15) is 18.1 Å². The van der Waals surface area contributed by atoms with E-state index in [1.54, 1.807) is 30.3 Å². The van der Waals surface area contributed by atoms with Gasteiger partial charge in [-0.3, -0.25) is 13.9 Å². The number of carboxylic acids is 1. The van der Waals surface area contributed by atoms with Crippen LogP contribution >= 0.6 is 7.60 Å². The molecule has 3 atom stereocenters. The van der Waals surface area contributed by atoms with Gasteiger partial charge in [-0.15, -0.1) is 0 Å². The highest BCUT2D eigenvalue weighted by atomic mass is 31.2. The van der Waals surface area contributed by atoms with Gasteiger partial charge < -0.3 is 15.3 Å². The molecule has 0 aromatic heterocycles. The summed E-state index contributed by atoms with van der Waals surface area (Å²) >= 11 is 0. The maximum atomic E-state index is 12.7. The molecule has 3 N–H and O–H groups in total. The molecule has 0 saturated carbocycles. The lowest BCUT2D eigenvalue weighted by Gasteiger charge is -2.35. The van der Waals surface area contributed by atoms with Gasteiger partial charge in [-0.1, -0.05) is 48.5 Å². The van der Waals surface area contributed by atoms with E-state index in [1.165, 1.54) is 6.92 Å². The molecule has 0 fully saturated rings. The van der Waals surface area contributed by atoms with Crippen LogP contribution in [0.4, 0.5) is 5.69 Å². The molecule has 0 bridgehead atoms. The molecule has 132 valence electrons. The van der Waals surface area contributed by atoms with Gasteiger partial charge in [0.2, 0.25) is 0 Å². The third-order valence-corrected chi connectivity index (χ3v) is 5.79. The SMILES string of the molecule is CC(C(=O)O)C1(OP(=O)(O)Cc2ccccc2)Cc2ccccc2N1. The smallest absolute Gasteiger partial charge is 0.334 e. The minimum Gasteiger partial charge on any atom is -0.481 e. The molecule has 0 spiro atoms. The molecule has 0 aliphatic carbocycles. The van der Waals surface area contributed by atoms with Crippen LogP contribution in [0.15, 0.2) is 54.6 Å². The van der Waals surface area contributed by atoms with E-state index in [2.05, 4.69) is 5.32 Å². The number of benzene rings is 2. The molecule has 25 heavy (non-hydrogen) atoms. The molecule has 3 rings (SSSR count). The molecule has 0 saturated heterocycles. The Balaban J connectivity index is 1.89. The summed E-state index contributed by atoms with van der Waals surface area (Å²) in [7, 11) is -4.08. The number of carboxylic acid groups (broad SMARTS) is 1. The second-order valence-corrected chi connectivity index (χ2v) is 8.05. The van der Waals surface area contributed by atoms with Crippen LogP contribution in [-0.4, -0.2) is 21.7 Å². The zero-order valence-corrected chi connectivity index (χ0v) is 14.6. The van der Waals surface area contributed by atoms with E-state index in [0.717, 1.165) is 11.3 Å². The number of anilines is 1. The first kappa shape index (κ1) is 17.7. The summed E-state index contributed by atoms with van der Waals surface area (Å²) in [5, 5.41) is 12.5. The molecule has 1 heterocycles. The van der Waals surface area contributed by atoms with Gasteiger partial charge >= 0.3 is 13.6 Å². The summed E-state index contributed by atoms with van der Waals surface area (Å²) in [5.41, 5.74) is 0.766. The number of hydrogen-bond donors (Lipinski definition) is 3. The molecule has 2 aromatic carbocycles. The van der Waals surface area contributed by atoms with E-state index in [9.17, 15) is 19.4 Å². The standard InChI is InChI=1S/C18H20NO5P/c1-13(17(20)21)18(11-15-9-5-6-10-16(15)19-18)24-25(22,23)12-14-7-3-2-4-8-14/h2-10,13,19H,11-12H2,1H3,(H,20,21)(H,22,23). The van der Waals surface area contributed by atoms with Crippen LogP contribution in [0.2, 0.25) is 0 Å². The molecule has 6 nitrogen and oxygen atoms in total. The molecule has 1 aliphatic rings. The van der Waals surface area contributed by atoms with Gasteiger partial charge in [0.1, 0.15) is 5.92 Å². The first-order valence-electron chi connectivity index (χ1n) is 7.97. The predicted octanol–water partition coefficient (Wildman–Crippen LogP) is 3.47. The summed E-state index contributed by atoms with van der Waals surface area (Å²) in [6.07, 6.45) is 0.0237. The Bertz CT molecular complexity index is 798. The van der Waals surface area contributed by atoms with Gasteiger partial charge in [0.05, 0.1) is 6.16 Å². The van der Waals surface area contributed by atoms with Crippen molar-refractivity contribution in [1.29, 1.82) is 0 Å². The van der Waals surface area contributed by atoms with Crippen LogP contribution in [-0.2, 0) is 26.5 Å². The molecule has 7 heteroatoms. The van der Waals surface area contributed by atoms with Crippen molar-refractivity contribution >= 4 is 19.3 Å². The van der Waals surface area contributed by atoms with Gasteiger partial charge in [0.15, 0.2) is 5.72 Å². The van der Waals surface area contributed by atoms with Crippen molar-refractivity contribution in [1.82, 2.24) is 0 Å². The van der Waals surface area contributed by atoms with Gasteiger partial charge in [-0.2, -0.15) is 0 Å². The zero-order valence-electron chi connectivity index (χ0n) is 13.8. The molecule has 1 aliphatic heterocycles. The average molecular weight is 361 g/mol. The molecule has 0 radical (unpaired) electrons. The largest absolute Gasteiger partial charge is 0.481 e. The number of fused-ring (bicyclic) bond motifs is 1. The summed E-state index contributed by atoms with van der Waals surface area (Å²) in [6.45, 7) is 1.48. The van der Waals surface area contributed by atoms with Gasteiger partial charge in [-0.25, -0.2) is 0 Å². The molecule has 3 unspecified atom stereocenters. The quantitative estimate of drug-likeness (QED) is 0.682. The van der Waals surface area contributed by atoms with Gasteiger partial charge in [0.25, 0.3) is 0 Å². The lowest BCUT2D eigenvalue weighted by molar-refractivity contribution is -0.147. The summed E-state index contributed by atoms with van der Waals surface area (Å²) in [6, 6.07) is 16.1. The predicted molar refractivity (Wildman–Crippen MR) is 94.4 cm³/mol. The monoisotopic (exact) mass is 361 g/mol. The number of carbonyl (C=O) groups is 1. The van der Waals surface area contributed by atoms with Crippen LogP contribution in [0.5, 0.6) is 0 Å². The average Bonchev–Trinajstić information content (AvgIpc) is 2.92. The summed E-state index contributed by atoms with van der Waals surface area (Å²) in [4.78, 5) is 22.0. The topological polar surface area (TPSA) is 95.9 Å². The van der Waals surface area contributed by atoms with Crippen LogP contribution in [0.25, 0.3) is 0 Å². The van der Waals surface area contributed by atoms with Crippen molar-refractivity contribution in [2.24, 2.45) is 5.92 Å². The summed E-state index contributed by atoms with van der Waals surface area (Å²) in [5.74, 6) is -2.11. The third-order valence-electron chi connectivity index (χ3n) is 4.42.